The molecule has 30 atom stereocenters. The molecule has 1 spiro atoms. The molecule has 0 aromatic carbocycles. The van der Waals surface area contributed by atoms with Crippen LogP contribution >= 0.6 is 22.7 Å². The summed E-state index contributed by atoms with van der Waals surface area (Å²) in [5.74, 6) is 27.6. The molecule has 15 fully saturated rings. The zero-order valence-corrected chi connectivity index (χ0v) is 47.6. The summed E-state index contributed by atoms with van der Waals surface area (Å²) in [6, 6.07) is 11.0. The summed E-state index contributed by atoms with van der Waals surface area (Å²) in [5.41, 5.74) is 6.27. The monoisotopic (exact) mass is 1010 g/mol. The van der Waals surface area contributed by atoms with Gasteiger partial charge in [0.25, 0.3) is 0 Å². The number of aryl methyl sites for hydroxylation is 2. The highest BCUT2D eigenvalue weighted by Crippen LogP contribution is 3.03. The Labute approximate surface area is 450 Å². The number of rotatable bonds is 21. The molecule has 2 aromatic rings. The van der Waals surface area contributed by atoms with Crippen LogP contribution in [-0.2, 0) is 18.3 Å². The molecule has 390 valence electrons. The lowest BCUT2D eigenvalue weighted by molar-refractivity contribution is -0.155. The van der Waals surface area contributed by atoms with Crippen molar-refractivity contribution in [2.75, 3.05) is 0 Å². The van der Waals surface area contributed by atoms with Crippen LogP contribution in [0.4, 0.5) is 0 Å². The topological polar surface area (TPSA) is 0 Å². The van der Waals surface area contributed by atoms with E-state index in [2.05, 4.69) is 97.9 Å². The Kier molecular flexibility index (Phi) is 9.19. The molecule has 0 nitrogen and oxygen atoms in total. The molecule has 0 N–H and O–H groups in total. The maximum Gasteiger partial charge on any atom is 0.0218 e. The van der Waals surface area contributed by atoms with E-state index in [0.717, 1.165) is 154 Å². The SMILES string of the molecule is CCCCCCCCCC(c1ccc(CC)s1)C12C=C3CC4CC5CC67C=C8CC9CC%10CC(C1)C1C%10C%10C9C9C%11C%10C%10C%12C%13C(C4C3C%12C2C1%10)C5C(C%13%11)C6(C89)C7(CCCCCCCCC)c1ccc(CC)s1. The fraction of sp³-hybridized carbons (Fsp3) is 0.831. The minimum atomic E-state index is 0.434. The van der Waals surface area contributed by atoms with Crippen LogP contribution in [0.25, 0.3) is 0 Å². The molecule has 30 unspecified atom stereocenters. The van der Waals surface area contributed by atoms with Crippen LogP contribution in [0.15, 0.2) is 47.6 Å². The molecule has 19 rings (SSSR count). The van der Waals surface area contributed by atoms with E-state index in [1.807, 2.05) is 9.75 Å². The Morgan fingerprint density at radius 3 is 1.85 bits per heavy atom. The molecule has 0 bridgehead atoms. The zero-order chi connectivity index (χ0) is 47.8. The summed E-state index contributed by atoms with van der Waals surface area (Å²) in [6.45, 7) is 9.76. The molecule has 17 aliphatic rings. The van der Waals surface area contributed by atoms with Crippen LogP contribution in [0, 0.1) is 164 Å². The minimum Gasteiger partial charge on any atom is -0.145 e. The fourth-order valence-electron chi connectivity index (χ4n) is 31.2. The molecular formula is C71H94S2. The first-order chi connectivity index (χ1) is 36.0. The van der Waals surface area contributed by atoms with Gasteiger partial charge in [0.15, 0.2) is 0 Å². The molecule has 73 heavy (non-hydrogen) atoms. The van der Waals surface area contributed by atoms with Crippen molar-refractivity contribution in [1.29, 1.82) is 0 Å². The van der Waals surface area contributed by atoms with Crippen molar-refractivity contribution in [3.05, 3.63) is 67.1 Å². The van der Waals surface area contributed by atoms with Gasteiger partial charge in [-0.1, -0.05) is 141 Å². The van der Waals surface area contributed by atoms with Crippen molar-refractivity contribution in [2.45, 2.75) is 200 Å². The molecule has 15 saturated carbocycles. The highest BCUT2D eigenvalue weighted by molar-refractivity contribution is 7.12. The predicted octanol–water partition coefficient (Wildman–Crippen LogP) is 18.4. The fourth-order valence-corrected chi connectivity index (χ4v) is 33.8. The van der Waals surface area contributed by atoms with Crippen LogP contribution in [0.2, 0.25) is 0 Å². The standard InChI is InChI=1S/C71H94S2/c1-5-9-11-13-15-17-19-21-45(46-24-22-43(7-3)72-46)68-32-39-28-36-27-37-31-42-35-69-34-41-30-38-29-40(33-68)52-49(38)55-53(41)67-64-57(55)59-58-56-54(48(36)51(39)62(58)66(68)63(52)59)50(37)61(60(56)64)65(42)71(67,69)70(69,47-25-23-44(8-4)73-47)26-20-18-16-14-12-10-6-2/h22-25,33,35-39,41,45,48-67H,5-21,26-32,34H2,1-4H3. The first-order valence-corrected chi connectivity index (χ1v) is 35.2. The van der Waals surface area contributed by atoms with Gasteiger partial charge in [-0.3, -0.25) is 0 Å². The van der Waals surface area contributed by atoms with Gasteiger partial charge in [0.05, 0.1) is 0 Å². The van der Waals surface area contributed by atoms with Crippen molar-refractivity contribution in [2.24, 2.45) is 164 Å². The Hall–Kier alpha value is -1.12. The predicted molar refractivity (Wildman–Crippen MR) is 300 cm³/mol. The molecule has 0 radical (unpaired) electrons. The van der Waals surface area contributed by atoms with Crippen molar-refractivity contribution < 1.29 is 0 Å². The first kappa shape index (κ1) is 44.7. The number of hydrogen-bond acceptors (Lipinski definition) is 2. The van der Waals surface area contributed by atoms with Gasteiger partial charge in [0.1, 0.15) is 0 Å². The summed E-state index contributed by atoms with van der Waals surface area (Å²) < 4.78 is 0. The van der Waals surface area contributed by atoms with Gasteiger partial charge in [-0.15, -0.1) is 22.7 Å². The molecule has 0 saturated heterocycles. The van der Waals surface area contributed by atoms with Crippen LogP contribution in [-0.4, -0.2) is 0 Å². The van der Waals surface area contributed by atoms with Crippen LogP contribution in [0.1, 0.15) is 201 Å². The second-order valence-corrected chi connectivity index (χ2v) is 33.9. The van der Waals surface area contributed by atoms with Crippen molar-refractivity contribution in [3.63, 3.8) is 0 Å². The average molecular weight is 1010 g/mol. The van der Waals surface area contributed by atoms with Gasteiger partial charge in [0.2, 0.25) is 0 Å². The first-order valence-electron chi connectivity index (χ1n) is 33.6. The summed E-state index contributed by atoms with van der Waals surface area (Å²) in [6.07, 6.45) is 44.2. The van der Waals surface area contributed by atoms with Gasteiger partial charge in [-0.2, -0.15) is 0 Å². The molecule has 2 heteroatoms. The van der Waals surface area contributed by atoms with Crippen LogP contribution < -0.4 is 0 Å². The van der Waals surface area contributed by atoms with E-state index < -0.39 is 0 Å². The Morgan fingerprint density at radius 2 is 1.07 bits per heavy atom. The normalized spacial score (nSPS) is 56.7. The summed E-state index contributed by atoms with van der Waals surface area (Å²) >= 11 is 4.73. The summed E-state index contributed by atoms with van der Waals surface area (Å²) in [5, 5.41) is 0. The number of unbranched alkanes of at least 4 members (excludes halogenated alkanes) is 12. The summed E-state index contributed by atoms with van der Waals surface area (Å²) in [4.78, 5) is 7.26. The third-order valence-electron chi connectivity index (χ3n) is 30.8. The van der Waals surface area contributed by atoms with E-state index in [9.17, 15) is 0 Å². The minimum absolute atomic E-state index is 0.434. The van der Waals surface area contributed by atoms with Gasteiger partial charge >= 0.3 is 0 Å². The van der Waals surface area contributed by atoms with E-state index in [4.69, 9.17) is 0 Å². The van der Waals surface area contributed by atoms with Crippen LogP contribution in [0.3, 0.4) is 0 Å². The van der Waals surface area contributed by atoms with E-state index in [-0.39, 0.29) is 0 Å². The maximum absolute atomic E-state index is 3.41. The lowest BCUT2D eigenvalue weighted by Crippen LogP contribution is -2.59. The highest BCUT2D eigenvalue weighted by Gasteiger charge is 3.01. The summed E-state index contributed by atoms with van der Waals surface area (Å²) in [7, 11) is 0. The van der Waals surface area contributed by atoms with E-state index in [0.29, 0.717) is 21.7 Å². The Morgan fingerprint density at radius 1 is 0.479 bits per heavy atom. The smallest absolute Gasteiger partial charge is 0.0218 e. The lowest BCUT2D eigenvalue weighted by Gasteiger charge is -2.63. The molecular weight excluding hydrogens is 917 g/mol. The average Bonchev–Trinajstić information content (AvgIpc) is 4.44. The maximum atomic E-state index is 3.41. The second-order valence-electron chi connectivity index (χ2n) is 31.5. The van der Waals surface area contributed by atoms with E-state index in [1.165, 1.54) is 109 Å². The molecule has 2 aromatic heterocycles. The Balaban J connectivity index is 0.814. The van der Waals surface area contributed by atoms with E-state index in [1.54, 1.807) is 61.1 Å². The van der Waals surface area contributed by atoms with Crippen LogP contribution in [0.5, 0.6) is 0 Å². The van der Waals surface area contributed by atoms with Gasteiger partial charge in [-0.25, -0.2) is 0 Å². The van der Waals surface area contributed by atoms with E-state index >= 15 is 0 Å². The molecule has 0 amide bonds. The molecule has 0 aliphatic heterocycles. The highest BCUT2D eigenvalue weighted by atomic mass is 32.1. The quantitative estimate of drug-likeness (QED) is 0.0864. The van der Waals surface area contributed by atoms with Gasteiger partial charge in [0, 0.05) is 41.7 Å². The van der Waals surface area contributed by atoms with Gasteiger partial charge in [-0.05, 0) is 248 Å². The second kappa shape index (κ2) is 15.0. The lowest BCUT2D eigenvalue weighted by atomic mass is 9.41. The zero-order valence-electron chi connectivity index (χ0n) is 46.0. The number of hydrogen-bond donors (Lipinski definition) is 0. The largest absolute Gasteiger partial charge is 0.145 e. The van der Waals surface area contributed by atoms with Crippen molar-refractivity contribution in [3.8, 4) is 0 Å². The number of allylic oxidation sites excluding steroid dienone is 4. The molecule has 2 heterocycles. The van der Waals surface area contributed by atoms with Crippen molar-refractivity contribution in [1.82, 2.24) is 0 Å². The third kappa shape index (κ3) is 4.72. The van der Waals surface area contributed by atoms with Gasteiger partial charge < -0.3 is 0 Å². The van der Waals surface area contributed by atoms with Crippen molar-refractivity contribution >= 4 is 22.7 Å². The third-order valence-corrected chi connectivity index (χ3v) is 33.5. The Bertz CT molecular complexity index is 2690. The molecule has 17 aliphatic carbocycles. The number of thiophene rings is 2.